The fourth-order valence-corrected chi connectivity index (χ4v) is 6.04. The van der Waals surface area contributed by atoms with Gasteiger partial charge in [-0.1, -0.05) is 152 Å². The Bertz CT molecular complexity index is 2210. The molecule has 8 aromatic rings. The molecule has 1 heterocycles. The Morgan fingerprint density at radius 1 is 0.333 bits per heavy atom. The highest BCUT2D eigenvalue weighted by Crippen LogP contribution is 2.39. The molecule has 0 aliphatic heterocycles. The molecule has 0 amide bonds. The maximum atomic E-state index is 5.17. The summed E-state index contributed by atoms with van der Waals surface area (Å²) in [4.78, 5) is 10.3. The zero-order valence-corrected chi connectivity index (χ0v) is 22.9. The summed E-state index contributed by atoms with van der Waals surface area (Å²) in [5, 5.41) is 5.87. The maximum Gasteiger partial charge on any atom is 0.160 e. The zero-order valence-electron chi connectivity index (χ0n) is 22.9. The van der Waals surface area contributed by atoms with Crippen molar-refractivity contribution in [2.24, 2.45) is 0 Å². The first-order valence-electron chi connectivity index (χ1n) is 14.3. The molecule has 0 saturated carbocycles. The van der Waals surface area contributed by atoms with Gasteiger partial charge in [0.1, 0.15) is 0 Å². The third-order valence-electron chi connectivity index (χ3n) is 8.08. The average molecular weight is 535 g/mol. The van der Waals surface area contributed by atoms with E-state index in [1.807, 2.05) is 24.3 Å². The minimum Gasteiger partial charge on any atom is -0.227 e. The van der Waals surface area contributed by atoms with Gasteiger partial charge in [-0.05, 0) is 44.5 Å². The predicted octanol–water partition coefficient (Wildman–Crippen LogP) is 10.6. The Labute approximate surface area is 244 Å². The van der Waals surface area contributed by atoms with Gasteiger partial charge in [0.05, 0.1) is 11.2 Å². The van der Waals surface area contributed by atoms with Gasteiger partial charge >= 0.3 is 0 Å². The van der Waals surface area contributed by atoms with Crippen LogP contribution in [-0.4, -0.2) is 9.97 Å². The molecule has 0 atom stereocenters. The van der Waals surface area contributed by atoms with Gasteiger partial charge in [0, 0.05) is 21.9 Å². The van der Waals surface area contributed by atoms with Crippen molar-refractivity contribution in [2.45, 2.75) is 0 Å². The molecule has 0 aliphatic rings. The lowest BCUT2D eigenvalue weighted by Crippen LogP contribution is -1.97. The lowest BCUT2D eigenvalue weighted by atomic mass is 9.92. The van der Waals surface area contributed by atoms with Crippen LogP contribution in [0, 0.1) is 0 Å². The van der Waals surface area contributed by atoms with Crippen LogP contribution < -0.4 is 0 Å². The summed E-state index contributed by atoms with van der Waals surface area (Å²) in [5.74, 6) is 0.735. The number of rotatable bonds is 4. The number of nitrogens with zero attached hydrogens (tertiary/aromatic N) is 2. The quantitative estimate of drug-likeness (QED) is 0.210. The molecule has 2 heteroatoms. The predicted molar refractivity (Wildman–Crippen MR) is 176 cm³/mol. The first-order valence-corrected chi connectivity index (χ1v) is 14.3. The highest BCUT2D eigenvalue weighted by atomic mass is 14.9. The fourth-order valence-electron chi connectivity index (χ4n) is 6.04. The van der Waals surface area contributed by atoms with Gasteiger partial charge in [-0.2, -0.15) is 0 Å². The van der Waals surface area contributed by atoms with Crippen LogP contribution in [0.1, 0.15) is 0 Å². The minimum absolute atomic E-state index is 0.735. The molecule has 8 rings (SSSR count). The van der Waals surface area contributed by atoms with E-state index in [4.69, 9.17) is 9.97 Å². The number of hydrogen-bond acceptors (Lipinski definition) is 2. The van der Waals surface area contributed by atoms with Crippen LogP contribution in [0.3, 0.4) is 0 Å². The van der Waals surface area contributed by atoms with E-state index in [1.54, 1.807) is 0 Å². The van der Waals surface area contributed by atoms with Crippen LogP contribution in [0.15, 0.2) is 158 Å². The van der Waals surface area contributed by atoms with Crippen LogP contribution in [0.2, 0.25) is 0 Å². The second-order valence-corrected chi connectivity index (χ2v) is 10.6. The zero-order chi connectivity index (χ0) is 27.9. The Morgan fingerprint density at radius 2 is 0.905 bits per heavy atom. The minimum atomic E-state index is 0.735. The molecule has 2 nitrogen and oxygen atoms in total. The molecule has 196 valence electrons. The molecule has 1 aromatic heterocycles. The molecule has 7 aromatic carbocycles. The Morgan fingerprint density at radius 3 is 1.64 bits per heavy atom. The molecular formula is C40H26N2. The molecule has 0 saturated heterocycles. The number of fused-ring (bicyclic) bond motifs is 4. The van der Waals surface area contributed by atoms with Crippen molar-refractivity contribution in [3.63, 3.8) is 0 Å². The Balaban J connectivity index is 1.36. The van der Waals surface area contributed by atoms with E-state index in [1.165, 1.54) is 38.4 Å². The number of hydrogen-bond donors (Lipinski definition) is 0. The first kappa shape index (κ1) is 24.2. The van der Waals surface area contributed by atoms with Gasteiger partial charge in [0.15, 0.2) is 5.82 Å². The molecule has 0 N–H and O–H groups in total. The Hall–Kier alpha value is -5.60. The summed E-state index contributed by atoms with van der Waals surface area (Å²) in [6.07, 6.45) is 0. The van der Waals surface area contributed by atoms with E-state index in [0.29, 0.717) is 0 Å². The summed E-state index contributed by atoms with van der Waals surface area (Å²) in [5.41, 5.74) is 8.80. The van der Waals surface area contributed by atoms with Crippen LogP contribution in [-0.2, 0) is 0 Å². The summed E-state index contributed by atoms with van der Waals surface area (Å²) in [6.45, 7) is 0. The number of benzene rings is 7. The monoisotopic (exact) mass is 534 g/mol. The van der Waals surface area contributed by atoms with E-state index < -0.39 is 0 Å². The van der Waals surface area contributed by atoms with Gasteiger partial charge in [-0.25, -0.2) is 9.97 Å². The second-order valence-electron chi connectivity index (χ2n) is 10.6. The van der Waals surface area contributed by atoms with E-state index in [0.717, 1.165) is 38.9 Å². The third kappa shape index (κ3) is 4.13. The maximum absolute atomic E-state index is 5.17. The van der Waals surface area contributed by atoms with Gasteiger partial charge < -0.3 is 0 Å². The SMILES string of the molecule is c1ccc(-c2nc(-c3ccccc3)c3cc(-c4ccc(-c5cccc6ccccc56)cc4)c4ccccc4c3n2)cc1. The van der Waals surface area contributed by atoms with Crippen molar-refractivity contribution in [2.75, 3.05) is 0 Å². The molecule has 0 bridgehead atoms. The lowest BCUT2D eigenvalue weighted by molar-refractivity contribution is 1.23. The largest absolute Gasteiger partial charge is 0.227 e. The molecular weight excluding hydrogens is 508 g/mol. The van der Waals surface area contributed by atoms with Gasteiger partial charge in [-0.3, -0.25) is 0 Å². The highest BCUT2D eigenvalue weighted by Gasteiger charge is 2.17. The topological polar surface area (TPSA) is 25.8 Å². The average Bonchev–Trinajstić information content (AvgIpc) is 3.08. The van der Waals surface area contributed by atoms with Crippen LogP contribution in [0.5, 0.6) is 0 Å². The second kappa shape index (κ2) is 10.1. The fraction of sp³-hybridized carbons (Fsp3) is 0. The van der Waals surface area contributed by atoms with Crippen molar-refractivity contribution in [3.8, 4) is 44.9 Å². The molecule has 0 spiro atoms. The molecule has 0 fully saturated rings. The molecule has 0 radical (unpaired) electrons. The molecule has 42 heavy (non-hydrogen) atoms. The van der Waals surface area contributed by atoms with Crippen molar-refractivity contribution < 1.29 is 0 Å². The number of aromatic nitrogens is 2. The summed E-state index contributed by atoms with van der Waals surface area (Å²) >= 11 is 0. The lowest BCUT2D eigenvalue weighted by Gasteiger charge is -2.15. The standard InChI is InChI=1S/C40H26N2/c1-3-13-30(14-4-1)38-37-26-36(29-24-22-28(23-25-29)33-21-11-17-27-12-7-8-18-32(27)33)34-19-9-10-20-35(34)39(37)42-40(41-38)31-15-5-2-6-16-31/h1-26H. The van der Waals surface area contributed by atoms with Crippen molar-refractivity contribution >= 4 is 32.4 Å². The van der Waals surface area contributed by atoms with Crippen molar-refractivity contribution in [1.29, 1.82) is 0 Å². The van der Waals surface area contributed by atoms with Crippen molar-refractivity contribution in [3.05, 3.63) is 158 Å². The van der Waals surface area contributed by atoms with Gasteiger partial charge in [0.2, 0.25) is 0 Å². The van der Waals surface area contributed by atoms with E-state index >= 15 is 0 Å². The molecule has 0 aliphatic carbocycles. The van der Waals surface area contributed by atoms with Crippen LogP contribution in [0.4, 0.5) is 0 Å². The van der Waals surface area contributed by atoms with Gasteiger partial charge in [0.25, 0.3) is 0 Å². The summed E-state index contributed by atoms with van der Waals surface area (Å²) in [7, 11) is 0. The smallest absolute Gasteiger partial charge is 0.160 e. The Kier molecular flexibility index (Phi) is 5.82. The molecule has 0 unspecified atom stereocenters. The van der Waals surface area contributed by atoms with E-state index in [-0.39, 0.29) is 0 Å². The highest BCUT2D eigenvalue weighted by molar-refractivity contribution is 6.15. The van der Waals surface area contributed by atoms with E-state index in [9.17, 15) is 0 Å². The van der Waals surface area contributed by atoms with Crippen LogP contribution >= 0.6 is 0 Å². The first-order chi connectivity index (χ1) is 20.8. The van der Waals surface area contributed by atoms with Crippen LogP contribution in [0.25, 0.3) is 77.3 Å². The summed E-state index contributed by atoms with van der Waals surface area (Å²) < 4.78 is 0. The third-order valence-corrected chi connectivity index (χ3v) is 8.08. The van der Waals surface area contributed by atoms with Gasteiger partial charge in [-0.15, -0.1) is 0 Å². The summed E-state index contributed by atoms with van der Waals surface area (Å²) in [6, 6.07) is 55.6. The van der Waals surface area contributed by atoms with Crippen molar-refractivity contribution in [1.82, 2.24) is 9.97 Å². The normalized spacial score (nSPS) is 11.3. The van der Waals surface area contributed by atoms with E-state index in [2.05, 4.69) is 133 Å².